The molecule has 1 amide bonds. The molecule has 0 saturated carbocycles. The van der Waals surface area contributed by atoms with Gasteiger partial charge < -0.3 is 14.8 Å². The highest BCUT2D eigenvalue weighted by Crippen LogP contribution is 2.35. The lowest BCUT2D eigenvalue weighted by molar-refractivity contribution is -0.117. The Morgan fingerprint density at radius 2 is 1.84 bits per heavy atom. The molecule has 9 heteroatoms. The van der Waals surface area contributed by atoms with Gasteiger partial charge in [0.15, 0.2) is 17.0 Å². The van der Waals surface area contributed by atoms with E-state index in [1.54, 1.807) is 38.5 Å². The number of hydrogen-bond donors (Lipinski definition) is 1. The highest BCUT2D eigenvalue weighted by atomic mass is 32.1. The number of ether oxygens (including phenoxy) is 2. The zero-order valence-corrected chi connectivity index (χ0v) is 18.0. The van der Waals surface area contributed by atoms with Crippen LogP contribution in [0.25, 0.3) is 21.5 Å². The number of fused-ring (bicyclic) bond motifs is 1. The number of carbonyl (C=O) groups is 1. The Morgan fingerprint density at radius 3 is 2.55 bits per heavy atom. The van der Waals surface area contributed by atoms with Gasteiger partial charge in [-0.3, -0.25) is 9.59 Å². The molecule has 0 unspecified atom stereocenters. The fourth-order valence-electron chi connectivity index (χ4n) is 3.20. The fraction of sp³-hybridized carbons (Fsp3) is 0.182. The molecule has 2 aromatic heterocycles. The van der Waals surface area contributed by atoms with Gasteiger partial charge in [0.25, 0.3) is 5.56 Å². The van der Waals surface area contributed by atoms with Crippen LogP contribution in [0.15, 0.2) is 53.3 Å². The van der Waals surface area contributed by atoms with Gasteiger partial charge in [0.1, 0.15) is 12.2 Å². The van der Waals surface area contributed by atoms with Gasteiger partial charge in [-0.1, -0.05) is 18.2 Å². The van der Waals surface area contributed by atoms with Crippen LogP contribution in [0, 0.1) is 6.92 Å². The van der Waals surface area contributed by atoms with Gasteiger partial charge >= 0.3 is 0 Å². The Kier molecular flexibility index (Phi) is 5.68. The monoisotopic (exact) mass is 436 g/mol. The van der Waals surface area contributed by atoms with E-state index in [1.807, 2.05) is 31.2 Å². The molecule has 158 valence electrons. The maximum atomic E-state index is 13.0. The molecule has 0 aliphatic carbocycles. The van der Waals surface area contributed by atoms with Crippen molar-refractivity contribution in [3.05, 3.63) is 63.9 Å². The Hall–Kier alpha value is -3.72. The van der Waals surface area contributed by atoms with Crippen molar-refractivity contribution in [2.75, 3.05) is 19.5 Å². The van der Waals surface area contributed by atoms with Crippen LogP contribution in [0.2, 0.25) is 0 Å². The summed E-state index contributed by atoms with van der Waals surface area (Å²) in [7, 11) is 3.11. The Balaban J connectivity index is 1.78. The molecule has 4 aromatic rings. The predicted octanol–water partition coefficient (Wildman–Crippen LogP) is 3.48. The second-order valence-corrected chi connectivity index (χ2v) is 7.91. The average molecular weight is 436 g/mol. The lowest BCUT2D eigenvalue weighted by Gasteiger charge is -2.12. The molecule has 0 fully saturated rings. The van der Waals surface area contributed by atoms with E-state index in [0.717, 1.165) is 15.3 Å². The van der Waals surface area contributed by atoms with Crippen molar-refractivity contribution in [2.45, 2.75) is 13.5 Å². The predicted molar refractivity (Wildman–Crippen MR) is 120 cm³/mol. The molecule has 0 saturated heterocycles. The number of para-hydroxylation sites is 1. The summed E-state index contributed by atoms with van der Waals surface area (Å²) >= 11 is 1.38. The van der Waals surface area contributed by atoms with Crippen LogP contribution < -0.4 is 20.3 Å². The second-order valence-electron chi connectivity index (χ2n) is 6.71. The maximum Gasteiger partial charge on any atom is 0.294 e. The third-order valence-electron chi connectivity index (χ3n) is 4.61. The number of carbonyl (C=O) groups excluding carboxylic acids is 1. The first-order valence-electron chi connectivity index (χ1n) is 9.45. The molecule has 0 spiro atoms. The molecule has 0 aliphatic heterocycles. The van der Waals surface area contributed by atoms with E-state index in [9.17, 15) is 9.59 Å². The first-order valence-corrected chi connectivity index (χ1v) is 10.3. The van der Waals surface area contributed by atoms with Gasteiger partial charge in [-0.05, 0) is 37.3 Å². The molecule has 0 bridgehead atoms. The normalized spacial score (nSPS) is 10.8. The van der Waals surface area contributed by atoms with Gasteiger partial charge in [-0.25, -0.2) is 9.67 Å². The van der Waals surface area contributed by atoms with Crippen LogP contribution in [0.3, 0.4) is 0 Å². The van der Waals surface area contributed by atoms with Crippen molar-refractivity contribution in [3.8, 4) is 22.8 Å². The number of rotatable bonds is 6. The summed E-state index contributed by atoms with van der Waals surface area (Å²) in [6.07, 6.45) is 0. The van der Waals surface area contributed by atoms with Crippen molar-refractivity contribution < 1.29 is 14.3 Å². The molecule has 2 heterocycles. The van der Waals surface area contributed by atoms with Crippen LogP contribution >= 0.6 is 11.3 Å². The van der Waals surface area contributed by atoms with Crippen LogP contribution in [0.1, 0.15) is 5.01 Å². The number of amides is 1. The number of anilines is 1. The summed E-state index contributed by atoms with van der Waals surface area (Å²) in [5.41, 5.74) is 1.80. The third kappa shape index (κ3) is 4.13. The van der Waals surface area contributed by atoms with Crippen molar-refractivity contribution in [1.29, 1.82) is 0 Å². The van der Waals surface area contributed by atoms with E-state index < -0.39 is 5.56 Å². The van der Waals surface area contributed by atoms with Crippen LogP contribution in [-0.4, -0.2) is 34.9 Å². The van der Waals surface area contributed by atoms with E-state index in [-0.39, 0.29) is 18.0 Å². The van der Waals surface area contributed by atoms with Gasteiger partial charge in [-0.15, -0.1) is 11.3 Å². The minimum absolute atomic E-state index is 0.236. The van der Waals surface area contributed by atoms with Gasteiger partial charge in [0.2, 0.25) is 5.91 Å². The number of aryl methyl sites for hydroxylation is 1. The van der Waals surface area contributed by atoms with Crippen molar-refractivity contribution in [1.82, 2.24) is 14.8 Å². The number of hydrogen-bond acceptors (Lipinski definition) is 7. The summed E-state index contributed by atoms with van der Waals surface area (Å²) in [4.78, 5) is 29.9. The Bertz CT molecular complexity index is 1310. The molecule has 2 aromatic carbocycles. The molecule has 0 atom stereocenters. The molecule has 1 N–H and O–H groups in total. The van der Waals surface area contributed by atoms with Gasteiger partial charge in [-0.2, -0.15) is 5.10 Å². The minimum Gasteiger partial charge on any atom is -0.493 e. The van der Waals surface area contributed by atoms with E-state index in [2.05, 4.69) is 15.4 Å². The molecule has 8 nitrogen and oxygen atoms in total. The fourth-order valence-corrected chi connectivity index (χ4v) is 4.12. The standard InChI is InChI=1S/C22H20N4O4S/c1-13-23-20-21(31-13)19(14-9-10-16(29-2)17(11-14)30-3)25-26(22(20)28)12-18(27)24-15-7-5-4-6-8-15/h4-11H,12H2,1-3H3,(H,24,27). The number of nitrogens with zero attached hydrogens (tertiary/aromatic N) is 3. The number of nitrogens with one attached hydrogen (secondary N) is 1. The first kappa shape index (κ1) is 20.5. The molecule has 4 rings (SSSR count). The molecule has 0 aliphatic rings. The lowest BCUT2D eigenvalue weighted by atomic mass is 10.1. The van der Waals surface area contributed by atoms with Crippen LogP contribution in [-0.2, 0) is 11.3 Å². The van der Waals surface area contributed by atoms with E-state index in [0.29, 0.717) is 27.6 Å². The quantitative estimate of drug-likeness (QED) is 0.497. The highest BCUT2D eigenvalue weighted by Gasteiger charge is 2.19. The van der Waals surface area contributed by atoms with Crippen LogP contribution in [0.4, 0.5) is 5.69 Å². The van der Waals surface area contributed by atoms with E-state index in [4.69, 9.17) is 9.47 Å². The first-order chi connectivity index (χ1) is 15.0. The zero-order valence-electron chi connectivity index (χ0n) is 17.2. The summed E-state index contributed by atoms with van der Waals surface area (Å²) in [5, 5.41) is 8.02. The number of methoxy groups -OCH3 is 2. The van der Waals surface area contributed by atoms with Crippen molar-refractivity contribution >= 4 is 33.1 Å². The van der Waals surface area contributed by atoms with E-state index in [1.165, 1.54) is 11.3 Å². The summed E-state index contributed by atoms with van der Waals surface area (Å²) in [6.45, 7) is 1.59. The average Bonchev–Trinajstić information content (AvgIpc) is 3.17. The molecular weight excluding hydrogens is 416 g/mol. The third-order valence-corrected chi connectivity index (χ3v) is 5.59. The molecule has 0 radical (unpaired) electrons. The molecular formula is C22H20N4O4S. The highest BCUT2D eigenvalue weighted by molar-refractivity contribution is 7.19. The number of aromatic nitrogens is 3. The number of thiazole rings is 1. The molecule has 31 heavy (non-hydrogen) atoms. The largest absolute Gasteiger partial charge is 0.493 e. The summed E-state index contributed by atoms with van der Waals surface area (Å²) in [5.74, 6) is 0.764. The topological polar surface area (TPSA) is 95.3 Å². The van der Waals surface area contributed by atoms with Crippen LogP contribution in [0.5, 0.6) is 11.5 Å². The Morgan fingerprint density at radius 1 is 1.10 bits per heavy atom. The summed E-state index contributed by atoms with van der Waals surface area (Å²) in [6, 6.07) is 14.4. The second kappa shape index (κ2) is 8.57. The van der Waals surface area contributed by atoms with Crippen molar-refractivity contribution in [2.24, 2.45) is 0 Å². The number of benzene rings is 2. The SMILES string of the molecule is COc1ccc(-c2nn(CC(=O)Nc3ccccc3)c(=O)c3nc(C)sc23)cc1OC. The Labute approximate surface area is 182 Å². The maximum absolute atomic E-state index is 13.0. The minimum atomic E-state index is -0.410. The van der Waals surface area contributed by atoms with Crippen molar-refractivity contribution in [3.63, 3.8) is 0 Å². The van der Waals surface area contributed by atoms with Gasteiger partial charge in [0.05, 0.1) is 23.9 Å². The lowest BCUT2D eigenvalue weighted by Crippen LogP contribution is -2.30. The smallest absolute Gasteiger partial charge is 0.294 e. The van der Waals surface area contributed by atoms with Gasteiger partial charge in [0, 0.05) is 11.3 Å². The summed E-state index contributed by atoms with van der Waals surface area (Å²) < 4.78 is 12.5. The van der Waals surface area contributed by atoms with E-state index >= 15 is 0 Å². The zero-order chi connectivity index (χ0) is 22.0.